The lowest BCUT2D eigenvalue weighted by atomic mass is 10.2. The molecule has 0 bridgehead atoms. The van der Waals surface area contributed by atoms with E-state index in [9.17, 15) is 0 Å². The zero-order valence-corrected chi connectivity index (χ0v) is 14.7. The molecule has 0 amide bonds. The maximum absolute atomic E-state index is 5.65. The van der Waals surface area contributed by atoms with Gasteiger partial charge in [0.25, 0.3) is 0 Å². The molecule has 0 saturated carbocycles. The van der Waals surface area contributed by atoms with Gasteiger partial charge in [0, 0.05) is 44.6 Å². The Morgan fingerprint density at radius 1 is 1.29 bits per heavy atom. The molecule has 0 spiro atoms. The number of guanidine groups is 1. The van der Waals surface area contributed by atoms with Gasteiger partial charge in [-0.15, -0.1) is 0 Å². The largest absolute Gasteiger partial charge is 0.494 e. The predicted octanol–water partition coefficient (Wildman–Crippen LogP) is 2.28. The topological polar surface area (TPSA) is 63.5 Å². The van der Waals surface area contributed by atoms with E-state index in [1.54, 1.807) is 13.2 Å². The molecule has 0 aliphatic heterocycles. The van der Waals surface area contributed by atoms with Gasteiger partial charge in [-0.25, -0.2) is 0 Å². The van der Waals surface area contributed by atoms with Crippen molar-refractivity contribution < 1.29 is 4.74 Å². The number of aromatic nitrogens is 2. The molecule has 1 aromatic carbocycles. The molecule has 24 heavy (non-hydrogen) atoms. The second-order valence-corrected chi connectivity index (χ2v) is 5.68. The summed E-state index contributed by atoms with van der Waals surface area (Å²) in [7, 11) is 1.78. The SMILES string of the molecule is CCOc1ccccc1CNC(=NC)NCC(C)Cn1cccn1. The fourth-order valence-corrected chi connectivity index (χ4v) is 2.41. The van der Waals surface area contributed by atoms with Gasteiger partial charge in [0.15, 0.2) is 5.96 Å². The van der Waals surface area contributed by atoms with Crippen LogP contribution in [0.4, 0.5) is 0 Å². The second kappa shape index (κ2) is 9.60. The van der Waals surface area contributed by atoms with Gasteiger partial charge in [-0.05, 0) is 25.0 Å². The van der Waals surface area contributed by atoms with Crippen LogP contribution in [0.25, 0.3) is 0 Å². The van der Waals surface area contributed by atoms with Crippen molar-refractivity contribution >= 4 is 5.96 Å². The highest BCUT2D eigenvalue weighted by Crippen LogP contribution is 2.17. The molecular formula is C18H27N5O. The van der Waals surface area contributed by atoms with Crippen LogP contribution in [0, 0.1) is 5.92 Å². The fourth-order valence-electron chi connectivity index (χ4n) is 2.41. The predicted molar refractivity (Wildman–Crippen MR) is 97.2 cm³/mol. The molecule has 2 rings (SSSR count). The first-order valence-corrected chi connectivity index (χ1v) is 8.35. The summed E-state index contributed by atoms with van der Waals surface area (Å²) in [6, 6.07) is 9.99. The van der Waals surface area contributed by atoms with Gasteiger partial charge < -0.3 is 15.4 Å². The molecule has 6 nitrogen and oxygen atoms in total. The van der Waals surface area contributed by atoms with Crippen molar-refractivity contribution in [1.82, 2.24) is 20.4 Å². The number of hydrogen-bond acceptors (Lipinski definition) is 3. The van der Waals surface area contributed by atoms with Gasteiger partial charge >= 0.3 is 0 Å². The normalized spacial score (nSPS) is 12.7. The molecule has 0 aliphatic carbocycles. The van der Waals surface area contributed by atoms with Crippen LogP contribution in [-0.2, 0) is 13.1 Å². The summed E-state index contributed by atoms with van der Waals surface area (Å²) in [6.45, 7) is 7.22. The van der Waals surface area contributed by atoms with E-state index in [1.807, 2.05) is 42.1 Å². The van der Waals surface area contributed by atoms with Crippen molar-refractivity contribution in [2.24, 2.45) is 10.9 Å². The maximum Gasteiger partial charge on any atom is 0.191 e. The van der Waals surface area contributed by atoms with Crippen molar-refractivity contribution in [3.05, 3.63) is 48.3 Å². The summed E-state index contributed by atoms with van der Waals surface area (Å²) in [5.74, 6) is 2.14. The number of nitrogens with zero attached hydrogens (tertiary/aromatic N) is 3. The van der Waals surface area contributed by atoms with Crippen molar-refractivity contribution in [3.8, 4) is 5.75 Å². The van der Waals surface area contributed by atoms with E-state index in [4.69, 9.17) is 4.74 Å². The number of nitrogens with one attached hydrogen (secondary N) is 2. The molecular weight excluding hydrogens is 302 g/mol. The Balaban J connectivity index is 1.80. The van der Waals surface area contributed by atoms with Crippen molar-refractivity contribution in [2.45, 2.75) is 26.9 Å². The Morgan fingerprint density at radius 3 is 2.83 bits per heavy atom. The number of ether oxygens (including phenoxy) is 1. The van der Waals surface area contributed by atoms with Crippen molar-refractivity contribution in [2.75, 3.05) is 20.2 Å². The number of benzene rings is 1. The summed E-state index contributed by atoms with van der Waals surface area (Å²) in [5.41, 5.74) is 1.12. The molecule has 130 valence electrons. The molecule has 0 fully saturated rings. The number of para-hydroxylation sites is 1. The maximum atomic E-state index is 5.65. The molecule has 6 heteroatoms. The van der Waals surface area contributed by atoms with E-state index < -0.39 is 0 Å². The smallest absolute Gasteiger partial charge is 0.191 e. The van der Waals surface area contributed by atoms with Crippen molar-refractivity contribution in [3.63, 3.8) is 0 Å². The quantitative estimate of drug-likeness (QED) is 0.576. The summed E-state index contributed by atoms with van der Waals surface area (Å²) >= 11 is 0. The summed E-state index contributed by atoms with van der Waals surface area (Å²) in [6.07, 6.45) is 3.78. The lowest BCUT2D eigenvalue weighted by Gasteiger charge is -2.17. The van der Waals surface area contributed by atoms with E-state index in [0.717, 1.165) is 30.4 Å². The van der Waals surface area contributed by atoms with E-state index >= 15 is 0 Å². The third-order valence-corrected chi connectivity index (χ3v) is 3.62. The summed E-state index contributed by atoms with van der Waals surface area (Å²) in [4.78, 5) is 4.28. The molecule has 2 aromatic rings. The van der Waals surface area contributed by atoms with Crippen LogP contribution in [0.3, 0.4) is 0 Å². The Kier molecular flexibility index (Phi) is 7.14. The van der Waals surface area contributed by atoms with Crippen LogP contribution in [-0.4, -0.2) is 35.9 Å². The molecule has 0 aliphatic rings. The molecule has 0 saturated heterocycles. The molecule has 1 heterocycles. The zero-order valence-electron chi connectivity index (χ0n) is 14.7. The summed E-state index contributed by atoms with van der Waals surface area (Å²) in [5, 5.41) is 10.9. The number of hydrogen-bond donors (Lipinski definition) is 2. The molecule has 2 N–H and O–H groups in total. The van der Waals surface area contributed by atoms with Crippen LogP contribution >= 0.6 is 0 Å². The van der Waals surface area contributed by atoms with Crippen LogP contribution in [0.5, 0.6) is 5.75 Å². The Bertz CT molecular complexity index is 624. The van der Waals surface area contributed by atoms with E-state index in [2.05, 4.69) is 33.7 Å². The highest BCUT2D eigenvalue weighted by molar-refractivity contribution is 5.79. The van der Waals surface area contributed by atoms with E-state index in [1.165, 1.54) is 0 Å². The first-order chi connectivity index (χ1) is 11.7. The third kappa shape index (κ3) is 5.61. The van der Waals surface area contributed by atoms with E-state index in [0.29, 0.717) is 19.1 Å². The molecule has 1 aromatic heterocycles. The second-order valence-electron chi connectivity index (χ2n) is 5.68. The standard InChI is InChI=1S/C18H27N5O/c1-4-24-17-9-6-5-8-16(17)13-21-18(19-3)20-12-15(2)14-23-11-7-10-22-23/h5-11,15H,4,12-14H2,1-3H3,(H2,19,20,21). The third-order valence-electron chi connectivity index (χ3n) is 3.62. The minimum atomic E-state index is 0.444. The highest BCUT2D eigenvalue weighted by Gasteiger charge is 2.07. The van der Waals surface area contributed by atoms with Gasteiger partial charge in [0.1, 0.15) is 5.75 Å². The van der Waals surface area contributed by atoms with Gasteiger partial charge in [0.2, 0.25) is 0 Å². The molecule has 1 unspecified atom stereocenters. The Labute approximate surface area is 143 Å². The molecule has 1 atom stereocenters. The minimum absolute atomic E-state index is 0.444. The van der Waals surface area contributed by atoms with Crippen LogP contribution in [0.15, 0.2) is 47.7 Å². The van der Waals surface area contributed by atoms with Gasteiger partial charge in [-0.2, -0.15) is 5.10 Å². The first kappa shape index (κ1) is 17.8. The van der Waals surface area contributed by atoms with Crippen LogP contribution in [0.2, 0.25) is 0 Å². The zero-order chi connectivity index (χ0) is 17.2. The Morgan fingerprint density at radius 2 is 2.12 bits per heavy atom. The average Bonchev–Trinajstić information content (AvgIpc) is 3.09. The van der Waals surface area contributed by atoms with Crippen LogP contribution in [0.1, 0.15) is 19.4 Å². The lowest BCUT2D eigenvalue weighted by molar-refractivity contribution is 0.336. The number of aliphatic imine (C=N–C) groups is 1. The highest BCUT2D eigenvalue weighted by atomic mass is 16.5. The average molecular weight is 329 g/mol. The summed E-state index contributed by atoms with van der Waals surface area (Å²) < 4.78 is 7.60. The van der Waals surface area contributed by atoms with Gasteiger partial charge in [-0.3, -0.25) is 9.67 Å². The Hall–Kier alpha value is -2.50. The minimum Gasteiger partial charge on any atom is -0.494 e. The van der Waals surface area contributed by atoms with Crippen molar-refractivity contribution in [1.29, 1.82) is 0 Å². The molecule has 0 radical (unpaired) electrons. The van der Waals surface area contributed by atoms with Gasteiger partial charge in [0.05, 0.1) is 6.61 Å². The fraction of sp³-hybridized carbons (Fsp3) is 0.444. The number of rotatable bonds is 8. The first-order valence-electron chi connectivity index (χ1n) is 8.35. The van der Waals surface area contributed by atoms with E-state index in [-0.39, 0.29) is 0 Å². The van der Waals surface area contributed by atoms with Gasteiger partial charge in [-0.1, -0.05) is 25.1 Å². The monoisotopic (exact) mass is 329 g/mol. The van der Waals surface area contributed by atoms with Crippen LogP contribution < -0.4 is 15.4 Å². The lowest BCUT2D eigenvalue weighted by Crippen LogP contribution is -2.39.